The normalized spacial score (nSPS) is 11.7. The molecule has 4 aromatic rings. The number of benzene rings is 1. The first-order valence-electron chi connectivity index (χ1n) is 7.76. The minimum absolute atomic E-state index is 0.143. The molecule has 0 fully saturated rings. The van der Waals surface area contributed by atoms with Gasteiger partial charge in [-0.3, -0.25) is 4.79 Å². The Morgan fingerprint density at radius 1 is 1.28 bits per heavy atom. The predicted octanol–water partition coefficient (Wildman–Crippen LogP) is 3.35. The summed E-state index contributed by atoms with van der Waals surface area (Å²) in [6, 6.07) is 7.48. The summed E-state index contributed by atoms with van der Waals surface area (Å²) < 4.78 is 16.7. The summed E-state index contributed by atoms with van der Waals surface area (Å²) in [5, 5.41) is 4.64. The molecule has 126 valence electrons. The number of rotatable bonds is 2. The summed E-state index contributed by atoms with van der Waals surface area (Å²) >= 11 is 5.36. The Balaban J connectivity index is 2.10. The minimum atomic E-state index is -0.482. The third kappa shape index (κ3) is 2.45. The van der Waals surface area contributed by atoms with Gasteiger partial charge in [0.2, 0.25) is 0 Å². The van der Waals surface area contributed by atoms with E-state index in [0.717, 1.165) is 0 Å². The molecule has 0 aliphatic rings. The summed E-state index contributed by atoms with van der Waals surface area (Å²) in [4.78, 5) is 20.4. The number of fused-ring (bicyclic) bond motifs is 2. The first-order valence-corrected chi connectivity index (χ1v) is 8.17. The second-order valence-corrected chi connectivity index (χ2v) is 6.43. The average Bonchev–Trinajstić information content (AvgIpc) is 3.01. The largest absolute Gasteiger partial charge is 0.331 e. The van der Waals surface area contributed by atoms with Crippen LogP contribution < -0.4 is 5.56 Å². The highest BCUT2D eigenvalue weighted by atomic mass is 32.1. The molecule has 1 N–H and O–H groups in total. The smallest absolute Gasteiger partial charge is 0.266 e. The number of aromatic nitrogens is 5. The molecule has 0 spiro atoms. The molecule has 0 saturated heterocycles. The van der Waals surface area contributed by atoms with E-state index in [1.807, 2.05) is 13.8 Å². The van der Waals surface area contributed by atoms with Gasteiger partial charge in [-0.25, -0.2) is 18.5 Å². The van der Waals surface area contributed by atoms with Crippen molar-refractivity contribution in [2.45, 2.75) is 19.8 Å². The van der Waals surface area contributed by atoms with Gasteiger partial charge in [0.25, 0.3) is 5.56 Å². The maximum Gasteiger partial charge on any atom is 0.266 e. The van der Waals surface area contributed by atoms with Crippen LogP contribution in [0.1, 0.15) is 25.6 Å². The number of nitrogens with one attached hydrogen (secondary N) is 1. The molecular formula is C17H14FN5OS. The molecule has 3 aromatic heterocycles. The monoisotopic (exact) mass is 355 g/mol. The molecule has 0 bridgehead atoms. The summed E-state index contributed by atoms with van der Waals surface area (Å²) in [5.41, 5.74) is 1.10. The number of aromatic amines is 1. The van der Waals surface area contributed by atoms with Crippen molar-refractivity contribution < 1.29 is 4.39 Å². The zero-order valence-corrected chi connectivity index (χ0v) is 14.3. The standard InChI is InChI=1S/C17H14FN5OS/c1-9(2)14-20-15-13(4-3-7-22(15)21-14)23-16(24)11-8-10(18)5-6-12(11)19-17(23)25/h3-9H,1-2H3,(H,19,25). The fourth-order valence-electron chi connectivity index (χ4n) is 2.73. The lowest BCUT2D eigenvalue weighted by Crippen LogP contribution is -2.21. The zero-order valence-electron chi connectivity index (χ0n) is 13.5. The van der Waals surface area contributed by atoms with Gasteiger partial charge in [0, 0.05) is 12.1 Å². The van der Waals surface area contributed by atoms with Gasteiger partial charge in [0.05, 0.1) is 16.6 Å². The molecule has 0 aliphatic heterocycles. The van der Waals surface area contributed by atoms with Crippen LogP contribution in [0, 0.1) is 10.6 Å². The van der Waals surface area contributed by atoms with Gasteiger partial charge in [-0.2, -0.15) is 5.10 Å². The van der Waals surface area contributed by atoms with Crippen molar-refractivity contribution in [1.29, 1.82) is 0 Å². The van der Waals surface area contributed by atoms with E-state index in [1.54, 1.807) is 22.8 Å². The Morgan fingerprint density at radius 3 is 2.84 bits per heavy atom. The molecule has 0 radical (unpaired) electrons. The van der Waals surface area contributed by atoms with E-state index in [2.05, 4.69) is 15.1 Å². The van der Waals surface area contributed by atoms with Crippen LogP contribution in [0.15, 0.2) is 41.3 Å². The van der Waals surface area contributed by atoms with Crippen LogP contribution in [-0.4, -0.2) is 24.1 Å². The van der Waals surface area contributed by atoms with Gasteiger partial charge in [0.15, 0.2) is 16.2 Å². The topological polar surface area (TPSA) is 68.0 Å². The molecule has 25 heavy (non-hydrogen) atoms. The van der Waals surface area contributed by atoms with Crippen molar-refractivity contribution in [3.63, 3.8) is 0 Å². The highest BCUT2D eigenvalue weighted by Crippen LogP contribution is 2.18. The third-order valence-corrected chi connectivity index (χ3v) is 4.26. The van der Waals surface area contributed by atoms with E-state index < -0.39 is 11.4 Å². The van der Waals surface area contributed by atoms with Crippen LogP contribution >= 0.6 is 12.2 Å². The molecule has 0 unspecified atom stereocenters. The molecule has 6 nitrogen and oxygen atoms in total. The van der Waals surface area contributed by atoms with Crippen molar-refractivity contribution >= 4 is 28.8 Å². The Hall–Kier alpha value is -2.87. The Labute approximate surface area is 146 Å². The molecule has 3 heterocycles. The lowest BCUT2D eigenvalue weighted by atomic mass is 10.2. The average molecular weight is 355 g/mol. The van der Waals surface area contributed by atoms with Crippen molar-refractivity contribution in [3.05, 3.63) is 63.3 Å². The number of hydrogen-bond donors (Lipinski definition) is 1. The number of halogens is 1. The third-order valence-electron chi connectivity index (χ3n) is 3.98. The van der Waals surface area contributed by atoms with Crippen LogP contribution in [0.4, 0.5) is 4.39 Å². The van der Waals surface area contributed by atoms with E-state index in [-0.39, 0.29) is 16.1 Å². The summed E-state index contributed by atoms with van der Waals surface area (Å²) in [6.07, 6.45) is 1.76. The quantitative estimate of drug-likeness (QED) is 0.560. The van der Waals surface area contributed by atoms with Gasteiger partial charge in [-0.15, -0.1) is 0 Å². The zero-order chi connectivity index (χ0) is 17.7. The first-order chi connectivity index (χ1) is 12.0. The van der Waals surface area contributed by atoms with Crippen molar-refractivity contribution in [3.8, 4) is 5.69 Å². The Kier molecular flexibility index (Phi) is 3.50. The maximum atomic E-state index is 13.6. The lowest BCUT2D eigenvalue weighted by Gasteiger charge is -2.08. The van der Waals surface area contributed by atoms with Gasteiger partial charge >= 0.3 is 0 Å². The van der Waals surface area contributed by atoms with Crippen molar-refractivity contribution in [1.82, 2.24) is 24.1 Å². The van der Waals surface area contributed by atoms with E-state index in [9.17, 15) is 9.18 Å². The van der Waals surface area contributed by atoms with E-state index in [4.69, 9.17) is 12.2 Å². The molecule has 0 atom stereocenters. The van der Waals surface area contributed by atoms with Crippen LogP contribution in [0.2, 0.25) is 0 Å². The second-order valence-electron chi connectivity index (χ2n) is 6.05. The molecule has 0 saturated carbocycles. The molecular weight excluding hydrogens is 341 g/mol. The fourth-order valence-corrected chi connectivity index (χ4v) is 3.02. The predicted molar refractivity (Wildman–Crippen MR) is 95.3 cm³/mol. The van der Waals surface area contributed by atoms with E-state index in [0.29, 0.717) is 22.7 Å². The molecule has 0 aliphatic carbocycles. The van der Waals surface area contributed by atoms with Crippen LogP contribution in [0.3, 0.4) is 0 Å². The van der Waals surface area contributed by atoms with Gasteiger partial charge in [0.1, 0.15) is 5.82 Å². The molecule has 8 heteroatoms. The number of pyridine rings is 1. The van der Waals surface area contributed by atoms with Gasteiger partial charge in [-0.1, -0.05) is 13.8 Å². The van der Waals surface area contributed by atoms with Gasteiger partial charge < -0.3 is 4.98 Å². The first kappa shape index (κ1) is 15.6. The van der Waals surface area contributed by atoms with Crippen molar-refractivity contribution in [2.75, 3.05) is 0 Å². The summed E-state index contributed by atoms with van der Waals surface area (Å²) in [5.74, 6) is 0.330. The summed E-state index contributed by atoms with van der Waals surface area (Å²) in [7, 11) is 0. The van der Waals surface area contributed by atoms with Crippen LogP contribution in [0.5, 0.6) is 0 Å². The number of hydrogen-bond acceptors (Lipinski definition) is 4. The Bertz CT molecular complexity index is 1240. The summed E-state index contributed by atoms with van der Waals surface area (Å²) in [6.45, 7) is 3.98. The minimum Gasteiger partial charge on any atom is -0.331 e. The lowest BCUT2D eigenvalue weighted by molar-refractivity contribution is 0.629. The molecule has 4 rings (SSSR count). The Morgan fingerprint density at radius 2 is 2.08 bits per heavy atom. The molecule has 1 aromatic carbocycles. The van der Waals surface area contributed by atoms with Crippen LogP contribution in [0.25, 0.3) is 22.2 Å². The van der Waals surface area contributed by atoms with E-state index >= 15 is 0 Å². The molecule has 0 amide bonds. The maximum absolute atomic E-state index is 13.6. The van der Waals surface area contributed by atoms with E-state index in [1.165, 1.54) is 22.8 Å². The fraction of sp³-hybridized carbons (Fsp3) is 0.176. The second kappa shape index (κ2) is 5.59. The SMILES string of the molecule is CC(C)c1nc2c(-n3c(=S)[nH]c4ccc(F)cc4c3=O)cccn2n1. The van der Waals surface area contributed by atoms with Crippen molar-refractivity contribution in [2.24, 2.45) is 0 Å². The highest BCUT2D eigenvalue weighted by Gasteiger charge is 2.15. The highest BCUT2D eigenvalue weighted by molar-refractivity contribution is 7.71. The van der Waals surface area contributed by atoms with Crippen LogP contribution in [-0.2, 0) is 0 Å². The number of nitrogens with zero attached hydrogens (tertiary/aromatic N) is 4. The number of H-pyrrole nitrogens is 1. The van der Waals surface area contributed by atoms with Gasteiger partial charge in [-0.05, 0) is 42.5 Å².